The van der Waals surface area contributed by atoms with Crippen molar-refractivity contribution >= 4 is 27.3 Å². The van der Waals surface area contributed by atoms with E-state index in [0.717, 1.165) is 32.2 Å². The summed E-state index contributed by atoms with van der Waals surface area (Å²) in [4.78, 5) is 27.1. The van der Waals surface area contributed by atoms with Crippen LogP contribution in [0.5, 0.6) is 0 Å². The number of piperidine rings is 1. The zero-order chi connectivity index (χ0) is 21.7. The van der Waals surface area contributed by atoms with Crippen LogP contribution in [0.25, 0.3) is 0 Å². The predicted molar refractivity (Wildman–Crippen MR) is 114 cm³/mol. The minimum atomic E-state index is -3.35. The number of halogens is 1. The summed E-state index contributed by atoms with van der Waals surface area (Å²) in [6.07, 6.45) is 2.87. The van der Waals surface area contributed by atoms with Gasteiger partial charge >= 0.3 is 0 Å². The first-order valence-electron chi connectivity index (χ1n) is 9.84. The SMILES string of the molecule is CS(=O)(=O)Nc1ccc(C(=O)CCN2CCC(C(=O)c3ccc(F)cc3)CC2)cc1. The molecule has 1 aliphatic rings. The van der Waals surface area contributed by atoms with Crippen LogP contribution in [-0.2, 0) is 10.0 Å². The van der Waals surface area contributed by atoms with Crippen molar-refractivity contribution in [2.45, 2.75) is 19.3 Å². The number of benzene rings is 2. The van der Waals surface area contributed by atoms with Crippen LogP contribution in [0, 0.1) is 11.7 Å². The van der Waals surface area contributed by atoms with Crippen LogP contribution >= 0.6 is 0 Å². The zero-order valence-corrected chi connectivity index (χ0v) is 17.6. The number of carbonyl (C=O) groups is 2. The van der Waals surface area contributed by atoms with Crippen LogP contribution in [-0.4, -0.2) is 50.8 Å². The number of carbonyl (C=O) groups excluding carboxylic acids is 2. The van der Waals surface area contributed by atoms with E-state index in [0.29, 0.717) is 29.8 Å². The summed E-state index contributed by atoms with van der Waals surface area (Å²) < 4.78 is 37.9. The Bertz CT molecular complexity index is 996. The van der Waals surface area contributed by atoms with E-state index in [2.05, 4.69) is 9.62 Å². The normalized spacial score (nSPS) is 15.7. The fraction of sp³-hybridized carbons (Fsp3) is 0.364. The first kappa shape index (κ1) is 22.1. The van der Waals surface area contributed by atoms with Gasteiger partial charge in [-0.15, -0.1) is 0 Å². The van der Waals surface area contributed by atoms with E-state index in [1.165, 1.54) is 24.3 Å². The Kier molecular flexibility index (Phi) is 6.99. The Hall–Kier alpha value is -2.58. The second kappa shape index (κ2) is 9.49. The van der Waals surface area contributed by atoms with Crippen molar-refractivity contribution in [3.8, 4) is 0 Å². The standard InChI is InChI=1S/C22H25FN2O4S/c1-30(28,29)24-20-8-4-16(5-9-20)21(26)12-15-25-13-10-18(11-14-25)22(27)17-2-6-19(23)7-3-17/h2-9,18,24H,10-15H2,1H3. The molecule has 0 atom stereocenters. The molecule has 0 radical (unpaired) electrons. The molecule has 2 aromatic rings. The lowest BCUT2D eigenvalue weighted by Gasteiger charge is -2.31. The molecular formula is C22H25FN2O4S. The second-order valence-electron chi connectivity index (χ2n) is 7.61. The maximum Gasteiger partial charge on any atom is 0.229 e. The topological polar surface area (TPSA) is 83.6 Å². The highest BCUT2D eigenvalue weighted by Gasteiger charge is 2.26. The lowest BCUT2D eigenvalue weighted by atomic mass is 9.89. The fourth-order valence-electron chi connectivity index (χ4n) is 3.61. The largest absolute Gasteiger partial charge is 0.303 e. The Labute approximate surface area is 176 Å². The number of likely N-dealkylation sites (tertiary alicyclic amines) is 1. The summed E-state index contributed by atoms with van der Waals surface area (Å²) in [5, 5.41) is 0. The predicted octanol–water partition coefficient (Wildman–Crippen LogP) is 3.36. The van der Waals surface area contributed by atoms with E-state index in [-0.39, 0.29) is 23.3 Å². The highest BCUT2D eigenvalue weighted by molar-refractivity contribution is 7.92. The van der Waals surface area contributed by atoms with E-state index >= 15 is 0 Å². The molecule has 30 heavy (non-hydrogen) atoms. The van der Waals surface area contributed by atoms with Crippen molar-refractivity contribution in [1.82, 2.24) is 4.90 Å². The molecule has 0 bridgehead atoms. The molecular weight excluding hydrogens is 407 g/mol. The second-order valence-corrected chi connectivity index (χ2v) is 9.36. The molecule has 0 spiro atoms. The quantitative estimate of drug-likeness (QED) is 0.647. The van der Waals surface area contributed by atoms with Gasteiger partial charge < -0.3 is 4.90 Å². The van der Waals surface area contributed by atoms with E-state index < -0.39 is 10.0 Å². The van der Waals surface area contributed by atoms with Crippen LogP contribution in [0.2, 0.25) is 0 Å². The van der Waals surface area contributed by atoms with Gasteiger partial charge in [0.15, 0.2) is 11.6 Å². The number of anilines is 1. The van der Waals surface area contributed by atoms with Gasteiger partial charge in [0, 0.05) is 35.7 Å². The summed E-state index contributed by atoms with van der Waals surface area (Å²) in [7, 11) is -3.35. The van der Waals surface area contributed by atoms with Crippen LogP contribution < -0.4 is 4.72 Å². The van der Waals surface area contributed by atoms with Crippen molar-refractivity contribution in [2.24, 2.45) is 5.92 Å². The summed E-state index contributed by atoms with van der Waals surface area (Å²) in [5.74, 6) is -0.386. The molecule has 8 heteroatoms. The lowest BCUT2D eigenvalue weighted by molar-refractivity contribution is 0.0822. The minimum Gasteiger partial charge on any atom is -0.303 e. The number of Topliss-reactive ketones (excluding diaryl/α,β-unsaturated/α-hetero) is 2. The zero-order valence-electron chi connectivity index (χ0n) is 16.8. The summed E-state index contributed by atoms with van der Waals surface area (Å²) in [5.41, 5.74) is 1.50. The van der Waals surface area contributed by atoms with Crippen LogP contribution in [0.15, 0.2) is 48.5 Å². The number of nitrogens with one attached hydrogen (secondary N) is 1. The fourth-order valence-corrected chi connectivity index (χ4v) is 4.18. The van der Waals surface area contributed by atoms with Gasteiger partial charge in [0.25, 0.3) is 0 Å². The highest BCUT2D eigenvalue weighted by atomic mass is 32.2. The monoisotopic (exact) mass is 432 g/mol. The van der Waals surface area contributed by atoms with Crippen LogP contribution in [0.1, 0.15) is 40.0 Å². The molecule has 160 valence electrons. The average Bonchev–Trinajstić information content (AvgIpc) is 2.72. The van der Waals surface area contributed by atoms with Gasteiger partial charge in [-0.1, -0.05) is 0 Å². The number of rotatable bonds is 8. The minimum absolute atomic E-state index is 0.00887. The molecule has 1 heterocycles. The maximum atomic E-state index is 13.0. The van der Waals surface area contributed by atoms with Crippen molar-refractivity contribution in [3.63, 3.8) is 0 Å². The highest BCUT2D eigenvalue weighted by Crippen LogP contribution is 2.22. The molecule has 0 saturated carbocycles. The van der Waals surface area contributed by atoms with E-state index in [1.54, 1.807) is 24.3 Å². The van der Waals surface area contributed by atoms with E-state index in [1.807, 2.05) is 0 Å². The summed E-state index contributed by atoms with van der Waals surface area (Å²) in [6.45, 7) is 2.09. The van der Waals surface area contributed by atoms with Gasteiger partial charge in [-0.25, -0.2) is 12.8 Å². The maximum absolute atomic E-state index is 13.0. The molecule has 0 unspecified atom stereocenters. The molecule has 0 aliphatic carbocycles. The molecule has 1 aliphatic heterocycles. The lowest BCUT2D eigenvalue weighted by Crippen LogP contribution is -2.37. The molecule has 6 nitrogen and oxygen atoms in total. The van der Waals surface area contributed by atoms with Gasteiger partial charge in [-0.3, -0.25) is 14.3 Å². The molecule has 3 rings (SSSR count). The Morgan fingerprint density at radius 2 is 1.57 bits per heavy atom. The number of hydrogen-bond donors (Lipinski definition) is 1. The molecule has 1 N–H and O–H groups in total. The smallest absolute Gasteiger partial charge is 0.229 e. The number of nitrogens with zero attached hydrogens (tertiary/aromatic N) is 1. The van der Waals surface area contributed by atoms with Gasteiger partial charge in [-0.2, -0.15) is 0 Å². The Morgan fingerprint density at radius 1 is 1.00 bits per heavy atom. The molecule has 2 aromatic carbocycles. The van der Waals surface area contributed by atoms with E-state index in [9.17, 15) is 22.4 Å². The Morgan fingerprint density at radius 3 is 2.13 bits per heavy atom. The average molecular weight is 433 g/mol. The van der Waals surface area contributed by atoms with Crippen molar-refractivity contribution in [1.29, 1.82) is 0 Å². The number of sulfonamides is 1. The molecule has 0 amide bonds. The van der Waals surface area contributed by atoms with Crippen LogP contribution in [0.3, 0.4) is 0 Å². The molecule has 0 aromatic heterocycles. The third-order valence-corrected chi connectivity index (χ3v) is 5.86. The third-order valence-electron chi connectivity index (χ3n) is 5.25. The number of hydrogen-bond acceptors (Lipinski definition) is 5. The summed E-state index contributed by atoms with van der Waals surface area (Å²) in [6, 6.07) is 12.0. The molecule has 1 saturated heterocycles. The van der Waals surface area contributed by atoms with Gasteiger partial charge in [-0.05, 0) is 74.5 Å². The van der Waals surface area contributed by atoms with Gasteiger partial charge in [0.1, 0.15) is 5.82 Å². The van der Waals surface area contributed by atoms with Gasteiger partial charge in [0.05, 0.1) is 6.26 Å². The molecule has 1 fully saturated rings. The number of ketones is 2. The third kappa shape index (κ3) is 6.21. The Balaban J connectivity index is 1.45. The van der Waals surface area contributed by atoms with E-state index in [4.69, 9.17) is 0 Å². The van der Waals surface area contributed by atoms with Crippen molar-refractivity contribution in [3.05, 3.63) is 65.5 Å². The first-order valence-corrected chi connectivity index (χ1v) is 11.7. The first-order chi connectivity index (χ1) is 14.2. The summed E-state index contributed by atoms with van der Waals surface area (Å²) >= 11 is 0. The van der Waals surface area contributed by atoms with Gasteiger partial charge in [0.2, 0.25) is 10.0 Å². The van der Waals surface area contributed by atoms with Crippen molar-refractivity contribution < 1.29 is 22.4 Å². The van der Waals surface area contributed by atoms with Crippen LogP contribution in [0.4, 0.5) is 10.1 Å². The van der Waals surface area contributed by atoms with Crippen molar-refractivity contribution in [2.75, 3.05) is 30.6 Å².